The van der Waals surface area contributed by atoms with Crippen LogP contribution < -0.4 is 21.3 Å². The summed E-state index contributed by atoms with van der Waals surface area (Å²) in [4.78, 5) is 10.9. The Hall–Kier alpha value is -2.47. The first kappa shape index (κ1) is 22.6. The van der Waals surface area contributed by atoms with Gasteiger partial charge in [0.1, 0.15) is 0 Å². The Morgan fingerprint density at radius 1 is 0.852 bits per heavy atom. The number of rotatable bonds is 3. The van der Waals surface area contributed by atoms with Crippen molar-refractivity contribution in [1.29, 1.82) is 0 Å². The molecule has 7 N–H and O–H groups in total. The van der Waals surface area contributed by atoms with E-state index in [0.29, 0.717) is 22.5 Å². The predicted octanol–water partition coefficient (Wildman–Crippen LogP) is 0.825. The van der Waals surface area contributed by atoms with Crippen LogP contribution >= 0.6 is 0 Å². The maximum absolute atomic E-state index is 11.0. The van der Waals surface area contributed by atoms with Gasteiger partial charge in [0.25, 0.3) is 0 Å². The van der Waals surface area contributed by atoms with Gasteiger partial charge >= 0.3 is 0 Å². The van der Waals surface area contributed by atoms with E-state index < -0.39 is 20.0 Å². The van der Waals surface area contributed by atoms with E-state index in [1.54, 1.807) is 13.8 Å². The number of nitrogens with two attached hydrogens (primary N) is 3. The molecule has 0 aliphatic rings. The molecule has 0 atom stereocenters. The molecule has 1 amide bonds. The molecule has 148 valence electrons. The van der Waals surface area contributed by atoms with Crippen molar-refractivity contribution in [2.24, 2.45) is 10.3 Å². The van der Waals surface area contributed by atoms with Crippen molar-refractivity contribution in [3.8, 4) is 0 Å². The normalized spacial score (nSPS) is 11.3. The van der Waals surface area contributed by atoms with Crippen LogP contribution in [0.5, 0.6) is 0 Å². The van der Waals surface area contributed by atoms with Gasteiger partial charge in [0.05, 0.1) is 9.79 Å². The summed E-state index contributed by atoms with van der Waals surface area (Å²) in [6.45, 7) is 4.80. The molecule has 0 heterocycles. The number of primary sulfonamides is 2. The number of sulfonamides is 2. The summed E-state index contributed by atoms with van der Waals surface area (Å²) in [5.41, 5.74) is 7.99. The fourth-order valence-corrected chi connectivity index (χ4v) is 3.17. The summed E-state index contributed by atoms with van der Waals surface area (Å²) in [6.07, 6.45) is 0. The zero-order valence-electron chi connectivity index (χ0n) is 15.1. The summed E-state index contributed by atoms with van der Waals surface area (Å²) >= 11 is 0. The van der Waals surface area contributed by atoms with Crippen molar-refractivity contribution in [1.82, 2.24) is 0 Å². The van der Waals surface area contributed by atoms with Gasteiger partial charge in [-0.3, -0.25) is 4.79 Å². The highest BCUT2D eigenvalue weighted by Crippen LogP contribution is 2.18. The highest BCUT2D eigenvalue weighted by Gasteiger charge is 2.10. The number of nitrogens with one attached hydrogen (secondary N) is 1. The molecule has 0 aromatic heterocycles. The Morgan fingerprint density at radius 3 is 1.67 bits per heavy atom. The monoisotopic (exact) mass is 414 g/mol. The summed E-state index contributed by atoms with van der Waals surface area (Å²) in [6, 6.07) is 8.64. The third kappa shape index (κ3) is 6.98. The summed E-state index contributed by atoms with van der Waals surface area (Å²) in [5, 5.41) is 12.4. The number of hydrogen-bond donors (Lipinski definition) is 4. The zero-order chi connectivity index (χ0) is 21.0. The van der Waals surface area contributed by atoms with E-state index in [-0.39, 0.29) is 15.7 Å². The highest BCUT2D eigenvalue weighted by molar-refractivity contribution is 7.89. The maximum atomic E-state index is 11.0. The zero-order valence-corrected chi connectivity index (χ0v) is 16.7. The second kappa shape index (κ2) is 8.48. The van der Waals surface area contributed by atoms with Crippen LogP contribution in [0.15, 0.2) is 46.2 Å². The van der Waals surface area contributed by atoms with Crippen molar-refractivity contribution in [2.75, 3.05) is 11.1 Å². The predicted molar refractivity (Wildman–Crippen MR) is 104 cm³/mol. The molecule has 27 heavy (non-hydrogen) atoms. The van der Waals surface area contributed by atoms with E-state index in [2.05, 4.69) is 5.32 Å². The van der Waals surface area contributed by atoms with Gasteiger partial charge in [-0.25, -0.2) is 27.1 Å². The number of nitrogen functional groups attached to an aromatic ring is 1. The lowest BCUT2D eigenvalue weighted by Crippen LogP contribution is -2.13. The third-order valence-electron chi connectivity index (χ3n) is 3.41. The Labute approximate surface area is 158 Å². The molecule has 0 aliphatic heterocycles. The number of aryl methyl sites for hydroxylation is 2. The van der Waals surface area contributed by atoms with Crippen LogP contribution in [0.1, 0.15) is 18.1 Å². The Bertz CT molecular complexity index is 1060. The molecule has 0 unspecified atom stereocenters. The highest BCUT2D eigenvalue weighted by atomic mass is 32.2. The Morgan fingerprint density at radius 2 is 1.30 bits per heavy atom. The number of carbonyl (C=O) groups excluding carboxylic acids is 1. The van der Waals surface area contributed by atoms with Crippen LogP contribution in [0.25, 0.3) is 0 Å². The van der Waals surface area contributed by atoms with Crippen molar-refractivity contribution < 1.29 is 21.6 Å². The van der Waals surface area contributed by atoms with Gasteiger partial charge < -0.3 is 11.1 Å². The quantitative estimate of drug-likeness (QED) is 0.541. The smallest absolute Gasteiger partial charge is 0.238 e. The summed E-state index contributed by atoms with van der Waals surface area (Å²) < 4.78 is 43.7. The molecule has 11 heteroatoms. The Kier molecular flexibility index (Phi) is 7.09. The molecule has 0 fully saturated rings. The fraction of sp³-hybridized carbons (Fsp3) is 0.188. The largest absolute Gasteiger partial charge is 0.399 e. The molecule has 0 bridgehead atoms. The first-order valence-corrected chi connectivity index (χ1v) is 10.6. The molecular formula is C16H22N4O5S2. The maximum Gasteiger partial charge on any atom is 0.238 e. The number of amides is 1. The van der Waals surface area contributed by atoms with Crippen LogP contribution in [-0.4, -0.2) is 22.7 Å². The molecule has 0 spiro atoms. The fourth-order valence-electron chi connectivity index (χ4n) is 1.97. The number of hydrogen-bond acceptors (Lipinski definition) is 6. The molecule has 0 radical (unpaired) electrons. The van der Waals surface area contributed by atoms with Crippen molar-refractivity contribution >= 4 is 37.3 Å². The molecule has 0 saturated heterocycles. The van der Waals surface area contributed by atoms with Gasteiger partial charge in [-0.15, -0.1) is 0 Å². The average Bonchev–Trinajstić information content (AvgIpc) is 2.50. The van der Waals surface area contributed by atoms with Gasteiger partial charge in [0, 0.05) is 18.3 Å². The van der Waals surface area contributed by atoms with Gasteiger partial charge in [-0.2, -0.15) is 0 Å². The molecular weight excluding hydrogens is 392 g/mol. The van der Waals surface area contributed by atoms with Crippen molar-refractivity contribution in [3.05, 3.63) is 47.5 Å². The van der Waals surface area contributed by atoms with Crippen LogP contribution in [0.3, 0.4) is 0 Å². The molecule has 0 saturated carbocycles. The van der Waals surface area contributed by atoms with Gasteiger partial charge in [-0.05, 0) is 61.4 Å². The van der Waals surface area contributed by atoms with E-state index in [0.717, 1.165) is 0 Å². The van der Waals surface area contributed by atoms with Gasteiger partial charge in [0.2, 0.25) is 26.0 Å². The van der Waals surface area contributed by atoms with Gasteiger partial charge in [-0.1, -0.05) is 0 Å². The number of carbonyl (C=O) groups is 1. The second-order valence-corrected chi connectivity index (χ2v) is 8.89. The Balaban J connectivity index is 0.000000277. The van der Waals surface area contributed by atoms with Crippen molar-refractivity contribution in [3.63, 3.8) is 0 Å². The van der Waals surface area contributed by atoms with Crippen LogP contribution in [0, 0.1) is 13.8 Å². The van der Waals surface area contributed by atoms with E-state index in [1.165, 1.54) is 43.3 Å². The second-order valence-electron chi connectivity index (χ2n) is 5.77. The van der Waals surface area contributed by atoms with E-state index in [9.17, 15) is 21.6 Å². The van der Waals surface area contributed by atoms with Crippen LogP contribution in [0.4, 0.5) is 11.4 Å². The lowest BCUT2D eigenvalue weighted by molar-refractivity contribution is -0.114. The average molecular weight is 415 g/mol. The lowest BCUT2D eigenvalue weighted by atomic mass is 10.2. The topological polar surface area (TPSA) is 175 Å². The standard InChI is InChI=1S/C9H12N2O3S.C7H10N2O2S/c1-6-5-8(15(10,13)14)3-4-9(6)11-7(2)12;1-5-4-6(12(9,10)11)2-3-7(5)8/h3-5H,1-2H3,(H,11,12)(H2,10,13,14);2-4H,8H2,1H3,(H2,9,10,11). The molecule has 2 rings (SSSR count). The minimum absolute atomic E-state index is 0.0362. The van der Waals surface area contributed by atoms with E-state index >= 15 is 0 Å². The third-order valence-corrected chi connectivity index (χ3v) is 5.23. The molecule has 2 aromatic rings. The molecule has 0 aliphatic carbocycles. The summed E-state index contributed by atoms with van der Waals surface area (Å²) in [7, 11) is -7.28. The molecule has 2 aromatic carbocycles. The van der Waals surface area contributed by atoms with Gasteiger partial charge in [0.15, 0.2) is 0 Å². The van der Waals surface area contributed by atoms with Crippen molar-refractivity contribution in [2.45, 2.75) is 30.6 Å². The van der Waals surface area contributed by atoms with E-state index in [1.807, 2.05) is 0 Å². The first-order valence-electron chi connectivity index (χ1n) is 7.52. The van der Waals surface area contributed by atoms with Crippen LogP contribution in [0.2, 0.25) is 0 Å². The SMILES string of the molecule is CC(=O)Nc1ccc(S(N)(=O)=O)cc1C.Cc1cc(S(N)(=O)=O)ccc1N. The summed E-state index contributed by atoms with van der Waals surface area (Å²) in [5.74, 6) is -0.207. The number of benzene rings is 2. The minimum Gasteiger partial charge on any atom is -0.399 e. The van der Waals surface area contributed by atoms with E-state index in [4.69, 9.17) is 16.0 Å². The lowest BCUT2D eigenvalue weighted by Gasteiger charge is -2.07. The first-order chi connectivity index (χ1) is 12.2. The van der Waals surface area contributed by atoms with Crippen LogP contribution in [-0.2, 0) is 24.8 Å². The molecule has 9 nitrogen and oxygen atoms in total. The minimum atomic E-state index is -3.68. The number of anilines is 2.